The molecule has 0 aliphatic carbocycles. The van der Waals surface area contributed by atoms with Crippen LogP contribution < -0.4 is 0 Å². The molecule has 0 spiro atoms. The molecule has 0 radical (unpaired) electrons. The third kappa shape index (κ3) is 10.2. The number of rotatable bonds is 8. The second kappa shape index (κ2) is 8.66. The molecule has 0 fully saturated rings. The maximum absolute atomic E-state index is 11.2. The van der Waals surface area contributed by atoms with Crippen molar-refractivity contribution in [3.05, 3.63) is 12.2 Å². The lowest BCUT2D eigenvalue weighted by Gasteiger charge is -2.20. The Balaban J connectivity index is 3.93. The molecule has 0 atom stereocenters. The zero-order valence-corrected chi connectivity index (χ0v) is 12.1. The molecule has 0 aromatic heterocycles. The van der Waals surface area contributed by atoms with Crippen LogP contribution in [0.25, 0.3) is 0 Å². The van der Waals surface area contributed by atoms with E-state index in [9.17, 15) is 9.59 Å². The van der Waals surface area contributed by atoms with Gasteiger partial charge >= 0.3 is 11.9 Å². The second-order valence-corrected chi connectivity index (χ2v) is 4.88. The normalized spacial score (nSPS) is 11.9. The van der Waals surface area contributed by atoms with E-state index < -0.39 is 17.5 Å². The van der Waals surface area contributed by atoms with E-state index in [1.54, 1.807) is 27.7 Å². The number of hydrogen-bond donors (Lipinski definition) is 0. The Labute approximate surface area is 113 Å². The van der Waals surface area contributed by atoms with Gasteiger partial charge in [0.15, 0.2) is 0 Å². The van der Waals surface area contributed by atoms with E-state index in [-0.39, 0.29) is 6.10 Å². The Morgan fingerprint density at radius 3 is 2.26 bits per heavy atom. The zero-order chi connectivity index (χ0) is 14.9. The molecular formula is C13H22O6. The highest BCUT2D eigenvalue weighted by molar-refractivity contribution is 5.91. The summed E-state index contributed by atoms with van der Waals surface area (Å²) in [6.07, 6.45) is 3.28. The van der Waals surface area contributed by atoms with Gasteiger partial charge in [-0.15, -0.1) is 0 Å². The topological polar surface area (TPSA) is 71.1 Å². The smallest absolute Gasteiger partial charge is 0.369 e. The Morgan fingerprint density at radius 2 is 1.74 bits per heavy atom. The molecule has 0 aliphatic rings. The summed E-state index contributed by atoms with van der Waals surface area (Å²) in [5.74, 6) is -1.48. The fourth-order valence-corrected chi connectivity index (χ4v) is 1.22. The van der Waals surface area contributed by atoms with E-state index >= 15 is 0 Å². The van der Waals surface area contributed by atoms with Gasteiger partial charge in [0.2, 0.25) is 0 Å². The molecule has 0 rings (SSSR count). The minimum absolute atomic E-state index is 0.248. The molecule has 110 valence electrons. The maximum Gasteiger partial charge on any atom is 0.369 e. The molecule has 6 heteroatoms. The van der Waals surface area contributed by atoms with Crippen molar-refractivity contribution in [1.29, 1.82) is 0 Å². The molecule has 0 amide bonds. The SMILES string of the molecule is CCCC(C)(C)OOOC(=O)C=CC(=O)OC(C)C. The number of carbonyl (C=O) groups is 2. The molecule has 19 heavy (non-hydrogen) atoms. The summed E-state index contributed by atoms with van der Waals surface area (Å²) in [5, 5.41) is 4.37. The van der Waals surface area contributed by atoms with Gasteiger partial charge in [0, 0.05) is 12.2 Å². The average Bonchev–Trinajstić information content (AvgIpc) is 2.25. The van der Waals surface area contributed by atoms with Crippen molar-refractivity contribution >= 4 is 11.9 Å². The minimum Gasteiger partial charge on any atom is -0.460 e. The van der Waals surface area contributed by atoms with Gasteiger partial charge in [-0.05, 0) is 39.2 Å². The summed E-state index contributed by atoms with van der Waals surface area (Å²) in [5.41, 5.74) is -0.546. The summed E-state index contributed by atoms with van der Waals surface area (Å²) >= 11 is 0. The number of carbonyl (C=O) groups excluding carboxylic acids is 2. The predicted octanol–water partition coefficient (Wildman–Crippen LogP) is 2.48. The van der Waals surface area contributed by atoms with Crippen molar-refractivity contribution < 1.29 is 29.1 Å². The summed E-state index contributed by atoms with van der Waals surface area (Å²) in [4.78, 5) is 31.5. The number of ether oxygens (including phenoxy) is 1. The lowest BCUT2D eigenvalue weighted by molar-refractivity contribution is -0.515. The van der Waals surface area contributed by atoms with Gasteiger partial charge in [-0.3, -0.25) is 4.89 Å². The van der Waals surface area contributed by atoms with Crippen molar-refractivity contribution in [3.63, 3.8) is 0 Å². The van der Waals surface area contributed by atoms with Crippen molar-refractivity contribution in [1.82, 2.24) is 0 Å². The first-order chi connectivity index (χ1) is 8.76. The van der Waals surface area contributed by atoms with E-state index in [0.717, 1.165) is 25.0 Å². The standard InChI is InChI=1S/C13H22O6/c1-6-9-13(4,5)18-19-17-12(15)8-7-11(14)16-10(2)3/h7-8,10H,6,9H2,1-5H3. The van der Waals surface area contributed by atoms with Gasteiger partial charge in [-0.1, -0.05) is 13.3 Å². The van der Waals surface area contributed by atoms with Crippen LogP contribution in [0.2, 0.25) is 0 Å². The van der Waals surface area contributed by atoms with Crippen LogP contribution in [0.15, 0.2) is 12.2 Å². The predicted molar refractivity (Wildman–Crippen MR) is 67.6 cm³/mol. The average molecular weight is 274 g/mol. The zero-order valence-electron chi connectivity index (χ0n) is 12.1. The van der Waals surface area contributed by atoms with Gasteiger partial charge in [0.05, 0.1) is 6.10 Å². The molecule has 0 saturated heterocycles. The molecule has 0 N–H and O–H groups in total. The first kappa shape index (κ1) is 17.6. The van der Waals surface area contributed by atoms with E-state index in [4.69, 9.17) is 9.62 Å². The minimum atomic E-state index is -0.854. The van der Waals surface area contributed by atoms with Crippen LogP contribution >= 0.6 is 0 Å². The van der Waals surface area contributed by atoms with E-state index in [2.05, 4.69) is 9.93 Å². The molecule has 0 unspecified atom stereocenters. The molecule has 0 aromatic carbocycles. The van der Waals surface area contributed by atoms with E-state index in [1.165, 1.54) is 0 Å². The highest BCUT2D eigenvalue weighted by atomic mass is 17.5. The second-order valence-electron chi connectivity index (χ2n) is 4.88. The van der Waals surface area contributed by atoms with Crippen LogP contribution in [0.3, 0.4) is 0 Å². The summed E-state index contributed by atoms with van der Waals surface area (Å²) in [6.45, 7) is 9.02. The molecule has 6 nitrogen and oxygen atoms in total. The Bertz CT molecular complexity index is 319. The van der Waals surface area contributed by atoms with Crippen LogP contribution in [0.1, 0.15) is 47.5 Å². The highest BCUT2D eigenvalue weighted by Gasteiger charge is 2.19. The van der Waals surface area contributed by atoms with Gasteiger partial charge in [-0.2, -0.15) is 4.89 Å². The summed E-state index contributed by atoms with van der Waals surface area (Å²) < 4.78 is 4.79. The lowest BCUT2D eigenvalue weighted by Crippen LogP contribution is -2.24. The van der Waals surface area contributed by atoms with Gasteiger partial charge in [-0.25, -0.2) is 9.59 Å². The number of esters is 1. The third-order valence-corrected chi connectivity index (χ3v) is 1.94. The van der Waals surface area contributed by atoms with Crippen molar-refractivity contribution in [2.24, 2.45) is 0 Å². The van der Waals surface area contributed by atoms with Crippen LogP contribution in [-0.4, -0.2) is 23.6 Å². The lowest BCUT2D eigenvalue weighted by atomic mass is 10.0. The monoisotopic (exact) mass is 274 g/mol. The van der Waals surface area contributed by atoms with Crippen LogP contribution in [0.4, 0.5) is 0 Å². The largest absolute Gasteiger partial charge is 0.460 e. The molecule has 0 bridgehead atoms. The quantitative estimate of drug-likeness (QED) is 0.293. The van der Waals surface area contributed by atoms with Crippen LogP contribution in [0, 0.1) is 0 Å². The summed E-state index contributed by atoms with van der Waals surface area (Å²) in [6, 6.07) is 0. The first-order valence-corrected chi connectivity index (χ1v) is 6.22. The maximum atomic E-state index is 11.2. The molecule has 0 saturated carbocycles. The van der Waals surface area contributed by atoms with Crippen molar-refractivity contribution in [2.45, 2.75) is 59.2 Å². The Kier molecular flexibility index (Phi) is 8.02. The molecule has 0 aromatic rings. The number of hydrogen-bond acceptors (Lipinski definition) is 6. The van der Waals surface area contributed by atoms with Crippen LogP contribution in [0.5, 0.6) is 0 Å². The first-order valence-electron chi connectivity index (χ1n) is 6.22. The van der Waals surface area contributed by atoms with Gasteiger partial charge < -0.3 is 4.74 Å². The van der Waals surface area contributed by atoms with Crippen molar-refractivity contribution in [3.8, 4) is 0 Å². The van der Waals surface area contributed by atoms with Gasteiger partial charge in [0.1, 0.15) is 5.60 Å². The Morgan fingerprint density at radius 1 is 1.16 bits per heavy atom. The molecular weight excluding hydrogens is 252 g/mol. The van der Waals surface area contributed by atoms with Gasteiger partial charge in [0.25, 0.3) is 0 Å². The Hall–Kier alpha value is -1.40. The molecule has 0 aliphatic heterocycles. The van der Waals surface area contributed by atoms with Crippen molar-refractivity contribution in [2.75, 3.05) is 0 Å². The molecule has 0 heterocycles. The van der Waals surface area contributed by atoms with E-state index in [0.29, 0.717) is 0 Å². The van der Waals surface area contributed by atoms with Crippen LogP contribution in [-0.2, 0) is 29.1 Å². The van der Waals surface area contributed by atoms with E-state index in [1.807, 2.05) is 6.92 Å². The highest BCUT2D eigenvalue weighted by Crippen LogP contribution is 2.16. The summed E-state index contributed by atoms with van der Waals surface area (Å²) in [7, 11) is 0. The fraction of sp³-hybridized carbons (Fsp3) is 0.692. The third-order valence-electron chi connectivity index (χ3n) is 1.94. The fourth-order valence-electron chi connectivity index (χ4n) is 1.22.